The maximum atomic E-state index is 4.99. The summed E-state index contributed by atoms with van der Waals surface area (Å²) in [5.74, 6) is 1.98. The highest BCUT2D eigenvalue weighted by molar-refractivity contribution is 6.27. The molecular weight excluding hydrogens is 619 g/mol. The van der Waals surface area contributed by atoms with Gasteiger partial charge in [0.1, 0.15) is 0 Å². The lowest BCUT2D eigenvalue weighted by Crippen LogP contribution is -2.15. The topological polar surface area (TPSA) is 38.7 Å². The predicted molar refractivity (Wildman–Crippen MR) is 212 cm³/mol. The van der Waals surface area contributed by atoms with E-state index in [4.69, 9.17) is 15.0 Å². The summed E-state index contributed by atoms with van der Waals surface area (Å²) < 4.78 is 0. The van der Waals surface area contributed by atoms with Crippen LogP contribution in [0.5, 0.6) is 0 Å². The van der Waals surface area contributed by atoms with Crippen LogP contribution in [0.1, 0.15) is 25.0 Å². The third kappa shape index (κ3) is 4.62. The molecule has 0 bridgehead atoms. The molecule has 0 N–H and O–H groups in total. The smallest absolute Gasteiger partial charge is 0.164 e. The van der Waals surface area contributed by atoms with E-state index < -0.39 is 0 Å². The Morgan fingerprint density at radius 3 is 1.45 bits per heavy atom. The normalized spacial score (nSPS) is 13.1. The average molecular weight is 652 g/mol. The molecule has 51 heavy (non-hydrogen) atoms. The molecule has 240 valence electrons. The minimum atomic E-state index is -0.164. The van der Waals surface area contributed by atoms with E-state index in [9.17, 15) is 0 Å². The van der Waals surface area contributed by atoms with E-state index >= 15 is 0 Å². The lowest BCUT2D eigenvalue weighted by atomic mass is 9.78. The fraction of sp³-hybridized carbons (Fsp3) is 0.0625. The van der Waals surface area contributed by atoms with E-state index in [-0.39, 0.29) is 5.41 Å². The fourth-order valence-electron chi connectivity index (χ4n) is 8.27. The molecule has 1 aliphatic carbocycles. The van der Waals surface area contributed by atoms with Crippen LogP contribution in [-0.4, -0.2) is 15.0 Å². The SMILES string of the molecule is CC1(C)c2ccc(-c3cccc(-c4nc(-c5ccccc5)nc(-c5ccccc5)n4)c3)cc2-c2ccc3c4ccccc4c4ccccc4c3c21. The molecule has 3 heteroatoms. The van der Waals surface area contributed by atoms with Gasteiger partial charge in [-0.15, -0.1) is 0 Å². The largest absolute Gasteiger partial charge is 0.208 e. The van der Waals surface area contributed by atoms with Gasteiger partial charge in [0.05, 0.1) is 0 Å². The van der Waals surface area contributed by atoms with Crippen molar-refractivity contribution in [1.82, 2.24) is 15.0 Å². The molecule has 8 aromatic carbocycles. The Labute approximate surface area is 297 Å². The van der Waals surface area contributed by atoms with Crippen molar-refractivity contribution >= 4 is 32.3 Å². The van der Waals surface area contributed by atoms with Crippen molar-refractivity contribution < 1.29 is 0 Å². The molecular formula is C48H33N3. The summed E-state index contributed by atoms with van der Waals surface area (Å²) in [5, 5.41) is 7.92. The third-order valence-corrected chi connectivity index (χ3v) is 10.7. The van der Waals surface area contributed by atoms with Gasteiger partial charge in [-0.3, -0.25) is 0 Å². The number of benzene rings is 8. The molecule has 0 amide bonds. The molecule has 0 spiro atoms. The second-order valence-electron chi connectivity index (χ2n) is 14.0. The van der Waals surface area contributed by atoms with Crippen LogP contribution in [0.2, 0.25) is 0 Å². The van der Waals surface area contributed by atoms with E-state index in [2.05, 4.69) is 117 Å². The monoisotopic (exact) mass is 651 g/mol. The highest BCUT2D eigenvalue weighted by Gasteiger charge is 2.37. The van der Waals surface area contributed by atoms with Crippen molar-refractivity contribution in [3.05, 3.63) is 175 Å². The number of hydrogen-bond acceptors (Lipinski definition) is 3. The molecule has 0 radical (unpaired) electrons. The van der Waals surface area contributed by atoms with Crippen LogP contribution in [0.15, 0.2) is 164 Å². The van der Waals surface area contributed by atoms with Crippen molar-refractivity contribution in [2.45, 2.75) is 19.3 Å². The summed E-state index contributed by atoms with van der Waals surface area (Å²) in [6, 6.07) is 58.3. The first kappa shape index (κ1) is 29.5. The molecule has 0 atom stereocenters. The standard InChI is InChI=1S/C48H33N3/c1-48(2)42-27-24-33(29-41(42)40-26-25-39-37-22-10-9-20-35(37)36-21-11-12-23-38(36)43(39)44(40)48)32-18-13-19-34(28-32)47-50-45(30-14-5-3-6-15-30)49-46(51-47)31-16-7-4-8-17-31/h3-29H,1-2H3. The minimum Gasteiger partial charge on any atom is -0.208 e. The minimum absolute atomic E-state index is 0.164. The quantitative estimate of drug-likeness (QED) is 0.178. The van der Waals surface area contributed by atoms with Crippen molar-refractivity contribution in [1.29, 1.82) is 0 Å². The Morgan fingerprint density at radius 2 is 0.824 bits per heavy atom. The molecule has 3 nitrogen and oxygen atoms in total. The third-order valence-electron chi connectivity index (χ3n) is 10.7. The van der Waals surface area contributed by atoms with Gasteiger partial charge in [-0.05, 0) is 77.8 Å². The van der Waals surface area contributed by atoms with Crippen molar-refractivity contribution in [2.24, 2.45) is 0 Å². The summed E-state index contributed by atoms with van der Waals surface area (Å²) in [6.07, 6.45) is 0. The molecule has 10 rings (SSSR count). The fourth-order valence-corrected chi connectivity index (χ4v) is 8.27. The lowest BCUT2D eigenvalue weighted by molar-refractivity contribution is 0.667. The first-order chi connectivity index (χ1) is 25.0. The van der Waals surface area contributed by atoms with Crippen molar-refractivity contribution in [3.63, 3.8) is 0 Å². The van der Waals surface area contributed by atoms with Gasteiger partial charge < -0.3 is 0 Å². The Bertz CT molecular complexity index is 2730. The first-order valence-corrected chi connectivity index (χ1v) is 17.5. The Hall–Kier alpha value is -6.45. The number of aromatic nitrogens is 3. The van der Waals surface area contributed by atoms with Crippen LogP contribution < -0.4 is 0 Å². The summed E-state index contributed by atoms with van der Waals surface area (Å²) >= 11 is 0. The van der Waals surface area contributed by atoms with E-state index in [1.807, 2.05) is 60.7 Å². The summed E-state index contributed by atoms with van der Waals surface area (Å²) in [4.78, 5) is 14.9. The second kappa shape index (κ2) is 11.3. The zero-order chi connectivity index (χ0) is 34.1. The Kier molecular flexibility index (Phi) is 6.53. The highest BCUT2D eigenvalue weighted by Crippen LogP contribution is 2.54. The van der Waals surface area contributed by atoms with E-state index in [0.717, 1.165) is 22.3 Å². The van der Waals surface area contributed by atoms with Crippen LogP contribution in [0.25, 0.3) is 88.7 Å². The van der Waals surface area contributed by atoms with Gasteiger partial charge in [-0.1, -0.05) is 166 Å². The molecule has 9 aromatic rings. The van der Waals surface area contributed by atoms with Crippen LogP contribution in [0.3, 0.4) is 0 Å². The average Bonchev–Trinajstić information content (AvgIpc) is 3.43. The second-order valence-corrected chi connectivity index (χ2v) is 14.0. The summed E-state index contributed by atoms with van der Waals surface area (Å²) in [6.45, 7) is 4.77. The number of hydrogen-bond donors (Lipinski definition) is 0. The number of fused-ring (bicyclic) bond motifs is 10. The molecule has 0 saturated heterocycles. The molecule has 0 saturated carbocycles. The van der Waals surface area contributed by atoms with Gasteiger partial charge in [-0.2, -0.15) is 0 Å². The molecule has 1 heterocycles. The van der Waals surface area contributed by atoms with Gasteiger partial charge in [-0.25, -0.2) is 15.0 Å². The van der Waals surface area contributed by atoms with Gasteiger partial charge in [0, 0.05) is 22.1 Å². The molecule has 0 fully saturated rings. The lowest BCUT2D eigenvalue weighted by Gasteiger charge is -2.24. The summed E-state index contributed by atoms with van der Waals surface area (Å²) in [7, 11) is 0. The van der Waals surface area contributed by atoms with Crippen molar-refractivity contribution in [3.8, 4) is 56.4 Å². The van der Waals surface area contributed by atoms with Crippen LogP contribution in [-0.2, 0) is 5.41 Å². The zero-order valence-electron chi connectivity index (χ0n) is 28.4. The maximum absolute atomic E-state index is 4.99. The van der Waals surface area contributed by atoms with E-state index in [1.165, 1.54) is 60.1 Å². The van der Waals surface area contributed by atoms with Crippen LogP contribution in [0.4, 0.5) is 0 Å². The molecule has 1 aromatic heterocycles. The Morgan fingerprint density at radius 1 is 0.353 bits per heavy atom. The molecule has 1 aliphatic rings. The van der Waals surface area contributed by atoms with E-state index in [0.29, 0.717) is 17.5 Å². The van der Waals surface area contributed by atoms with Crippen LogP contribution in [0, 0.1) is 0 Å². The van der Waals surface area contributed by atoms with Gasteiger partial charge >= 0.3 is 0 Å². The first-order valence-electron chi connectivity index (χ1n) is 17.5. The molecule has 0 aliphatic heterocycles. The number of nitrogens with zero attached hydrogens (tertiary/aromatic N) is 3. The Balaban J connectivity index is 1.13. The highest BCUT2D eigenvalue weighted by atomic mass is 15.0. The predicted octanol–water partition coefficient (Wildman–Crippen LogP) is 12.3. The van der Waals surface area contributed by atoms with Crippen LogP contribution >= 0.6 is 0 Å². The zero-order valence-corrected chi connectivity index (χ0v) is 28.4. The van der Waals surface area contributed by atoms with Gasteiger partial charge in [0.15, 0.2) is 17.5 Å². The van der Waals surface area contributed by atoms with Gasteiger partial charge in [0.25, 0.3) is 0 Å². The van der Waals surface area contributed by atoms with Gasteiger partial charge in [0.2, 0.25) is 0 Å². The van der Waals surface area contributed by atoms with Crippen molar-refractivity contribution in [2.75, 3.05) is 0 Å². The summed E-state index contributed by atoms with van der Waals surface area (Å²) in [5.41, 5.74) is 10.4. The number of rotatable bonds is 4. The molecule has 0 unspecified atom stereocenters. The van der Waals surface area contributed by atoms with E-state index in [1.54, 1.807) is 0 Å². The maximum Gasteiger partial charge on any atom is 0.164 e.